The fourth-order valence-corrected chi connectivity index (χ4v) is 5.68. The Bertz CT molecular complexity index is 1080. The number of anilines is 3. The van der Waals surface area contributed by atoms with Crippen LogP contribution in [0.3, 0.4) is 0 Å². The summed E-state index contributed by atoms with van der Waals surface area (Å²) in [5, 5.41) is 4.19. The van der Waals surface area contributed by atoms with Crippen LogP contribution in [0.1, 0.15) is 70.4 Å². The molecule has 0 unspecified atom stereocenters. The molecule has 0 spiro atoms. The number of halogens is 1. The third-order valence-corrected chi connectivity index (χ3v) is 7.44. The van der Waals surface area contributed by atoms with Crippen LogP contribution < -0.4 is 25.4 Å². The quantitative estimate of drug-likeness (QED) is 0.570. The highest BCUT2D eigenvalue weighted by Crippen LogP contribution is 2.56. The van der Waals surface area contributed by atoms with Crippen LogP contribution in [0, 0.1) is 5.82 Å². The highest BCUT2D eigenvalue weighted by atomic mass is 32.1. The van der Waals surface area contributed by atoms with Crippen molar-refractivity contribution in [2.75, 3.05) is 36.5 Å². The third-order valence-electron chi connectivity index (χ3n) is 6.56. The monoisotopic (exact) mass is 488 g/mol. The molecule has 0 amide bonds. The van der Waals surface area contributed by atoms with E-state index in [0.717, 1.165) is 62.0 Å². The summed E-state index contributed by atoms with van der Waals surface area (Å²) >= 11 is 1.32. The summed E-state index contributed by atoms with van der Waals surface area (Å²) in [4.78, 5) is 16.6. The Balaban J connectivity index is 0.000000296. The largest absolute Gasteiger partial charge is 0.492 e. The summed E-state index contributed by atoms with van der Waals surface area (Å²) in [6.45, 7) is 13.1. The molecule has 1 aromatic heterocycles. The highest BCUT2D eigenvalue weighted by Gasteiger charge is 2.42. The van der Waals surface area contributed by atoms with Gasteiger partial charge in [-0.25, -0.2) is 4.39 Å². The molecule has 2 aliphatic carbocycles. The van der Waals surface area contributed by atoms with Gasteiger partial charge in [0, 0.05) is 30.7 Å². The molecule has 2 N–H and O–H groups in total. The first-order chi connectivity index (χ1) is 16.5. The van der Waals surface area contributed by atoms with E-state index in [-0.39, 0.29) is 11.4 Å². The van der Waals surface area contributed by atoms with E-state index in [0.29, 0.717) is 34.2 Å². The van der Waals surface area contributed by atoms with Crippen molar-refractivity contribution in [3.05, 3.63) is 39.9 Å². The van der Waals surface area contributed by atoms with E-state index in [1.807, 2.05) is 13.8 Å². The standard InChI is InChI=1S/C19H20FN3O2S.C5H11N.C2H6/c1-10-12-9-13(20)16(22-7-3-4-8-22)17(25-2)15(12)23(11-5-6-11)19-14(10)18(24)21-26-19;1-2-6-5-3-4-5;1-2/h9,11H,1,3-8H2,2H3,(H,21,24);5-6H,2-4H2,1H3;1-2H3. The number of methoxy groups -OCH3 is 1. The second kappa shape index (κ2) is 10.5. The number of fused-ring (bicyclic) bond motifs is 2. The Hall–Kier alpha value is -2.32. The van der Waals surface area contributed by atoms with Crippen LogP contribution in [0.4, 0.5) is 20.8 Å². The molecular formula is C26H37FN4O2S. The van der Waals surface area contributed by atoms with Crippen LogP contribution in [-0.4, -0.2) is 43.2 Å². The molecule has 0 bridgehead atoms. The van der Waals surface area contributed by atoms with Crippen molar-refractivity contribution < 1.29 is 9.13 Å². The lowest BCUT2D eigenvalue weighted by atomic mass is 9.93. The fourth-order valence-electron chi connectivity index (χ4n) is 4.73. The van der Waals surface area contributed by atoms with Gasteiger partial charge in [0.05, 0.1) is 18.4 Å². The lowest BCUT2D eigenvalue weighted by molar-refractivity contribution is 0.411. The number of hydrogen-bond acceptors (Lipinski definition) is 6. The van der Waals surface area contributed by atoms with Crippen LogP contribution in [0.15, 0.2) is 17.4 Å². The lowest BCUT2D eigenvalue weighted by Crippen LogP contribution is -2.28. The summed E-state index contributed by atoms with van der Waals surface area (Å²) in [5.41, 5.74) is 3.02. The van der Waals surface area contributed by atoms with Crippen molar-refractivity contribution in [2.45, 2.75) is 71.4 Å². The van der Waals surface area contributed by atoms with Crippen LogP contribution >= 0.6 is 11.5 Å². The Labute approximate surface area is 206 Å². The third kappa shape index (κ3) is 4.62. The van der Waals surface area contributed by atoms with Crippen molar-refractivity contribution in [3.63, 3.8) is 0 Å². The van der Waals surface area contributed by atoms with E-state index in [1.165, 1.54) is 30.4 Å². The second-order valence-corrected chi connectivity index (χ2v) is 9.75. The van der Waals surface area contributed by atoms with Gasteiger partial charge in [0.15, 0.2) is 11.6 Å². The molecule has 186 valence electrons. The first-order valence-electron chi connectivity index (χ1n) is 12.6. The SMILES string of the molecule is C=C1c2cc(F)c(N3CCCC3)c(OC)c2N(C2CC2)c2s[nH]c(=O)c21.CC.CCNC1CC1. The molecular weight excluding hydrogens is 451 g/mol. The van der Waals surface area contributed by atoms with Gasteiger partial charge in [0.25, 0.3) is 5.56 Å². The molecule has 2 aromatic rings. The molecule has 0 radical (unpaired) electrons. The summed E-state index contributed by atoms with van der Waals surface area (Å²) < 4.78 is 23.7. The van der Waals surface area contributed by atoms with Crippen molar-refractivity contribution in [3.8, 4) is 5.75 Å². The van der Waals surface area contributed by atoms with Crippen molar-refractivity contribution in [2.24, 2.45) is 0 Å². The van der Waals surface area contributed by atoms with Gasteiger partial charge in [0.1, 0.15) is 10.7 Å². The molecule has 3 fully saturated rings. The maximum absolute atomic E-state index is 15.1. The summed E-state index contributed by atoms with van der Waals surface area (Å²) in [6.07, 6.45) is 7.04. The zero-order valence-corrected chi connectivity index (χ0v) is 21.6. The van der Waals surface area contributed by atoms with Crippen LogP contribution in [-0.2, 0) is 0 Å². The molecule has 2 aliphatic heterocycles. The summed E-state index contributed by atoms with van der Waals surface area (Å²) in [7, 11) is 1.59. The van der Waals surface area contributed by atoms with Gasteiger partial charge in [-0.1, -0.05) is 27.4 Å². The zero-order valence-electron chi connectivity index (χ0n) is 20.8. The Morgan fingerprint density at radius 1 is 1.21 bits per heavy atom. The molecule has 3 heterocycles. The summed E-state index contributed by atoms with van der Waals surface area (Å²) in [6, 6.07) is 2.75. The maximum Gasteiger partial charge on any atom is 0.268 e. The number of H-pyrrole nitrogens is 1. The van der Waals surface area contributed by atoms with Crippen LogP contribution in [0.5, 0.6) is 5.75 Å². The number of aromatic amines is 1. The van der Waals surface area contributed by atoms with Gasteiger partial charge in [-0.3, -0.25) is 9.17 Å². The minimum absolute atomic E-state index is 0.158. The van der Waals surface area contributed by atoms with Crippen molar-refractivity contribution in [1.29, 1.82) is 0 Å². The van der Waals surface area contributed by atoms with Gasteiger partial charge in [-0.2, -0.15) is 0 Å². The minimum atomic E-state index is -0.311. The summed E-state index contributed by atoms with van der Waals surface area (Å²) in [5.74, 6) is 0.246. The minimum Gasteiger partial charge on any atom is -0.492 e. The molecule has 34 heavy (non-hydrogen) atoms. The molecule has 4 aliphatic rings. The van der Waals surface area contributed by atoms with Gasteiger partial charge < -0.3 is 19.9 Å². The zero-order chi connectivity index (χ0) is 24.4. The topological polar surface area (TPSA) is 60.6 Å². The average molecular weight is 489 g/mol. The van der Waals surface area contributed by atoms with E-state index in [2.05, 4.69) is 33.0 Å². The number of hydrogen-bond donors (Lipinski definition) is 2. The fraction of sp³-hybridized carbons (Fsp3) is 0.577. The Morgan fingerprint density at radius 2 is 1.88 bits per heavy atom. The Kier molecular flexibility index (Phi) is 7.67. The first-order valence-corrected chi connectivity index (χ1v) is 13.5. The molecule has 1 saturated heterocycles. The highest BCUT2D eigenvalue weighted by molar-refractivity contribution is 7.10. The number of aromatic nitrogens is 1. The van der Waals surface area contributed by atoms with Gasteiger partial charge in [-0.05, 0) is 68.2 Å². The number of ether oxygens (including phenoxy) is 1. The van der Waals surface area contributed by atoms with Crippen LogP contribution in [0.25, 0.3) is 5.57 Å². The average Bonchev–Trinajstić information content (AvgIpc) is 3.76. The van der Waals surface area contributed by atoms with E-state index >= 15 is 4.39 Å². The van der Waals surface area contributed by atoms with Gasteiger partial charge in [-0.15, -0.1) is 0 Å². The Morgan fingerprint density at radius 3 is 2.41 bits per heavy atom. The van der Waals surface area contributed by atoms with Crippen LogP contribution in [0.2, 0.25) is 0 Å². The molecule has 6 rings (SSSR count). The second-order valence-electron chi connectivity index (χ2n) is 8.96. The van der Waals surface area contributed by atoms with E-state index in [9.17, 15) is 4.79 Å². The smallest absolute Gasteiger partial charge is 0.268 e. The van der Waals surface area contributed by atoms with Crippen molar-refractivity contribution in [1.82, 2.24) is 9.69 Å². The lowest BCUT2D eigenvalue weighted by Gasteiger charge is -2.35. The molecule has 2 saturated carbocycles. The van der Waals surface area contributed by atoms with E-state index in [1.54, 1.807) is 7.11 Å². The number of benzene rings is 1. The van der Waals surface area contributed by atoms with Gasteiger partial charge >= 0.3 is 0 Å². The molecule has 8 heteroatoms. The number of nitrogens with one attached hydrogen (secondary N) is 2. The molecule has 1 aromatic carbocycles. The normalized spacial score (nSPS) is 18.4. The van der Waals surface area contributed by atoms with E-state index in [4.69, 9.17) is 4.74 Å². The predicted molar refractivity (Wildman–Crippen MR) is 141 cm³/mol. The van der Waals surface area contributed by atoms with E-state index < -0.39 is 0 Å². The predicted octanol–water partition coefficient (Wildman–Crippen LogP) is 5.64. The molecule has 0 atom stereocenters. The van der Waals surface area contributed by atoms with Crippen molar-refractivity contribution >= 4 is 33.5 Å². The number of rotatable bonds is 5. The van der Waals surface area contributed by atoms with Gasteiger partial charge in [0.2, 0.25) is 0 Å². The maximum atomic E-state index is 15.1. The number of nitrogens with zero attached hydrogens (tertiary/aromatic N) is 2. The first kappa shape index (κ1) is 24.8. The molecule has 6 nitrogen and oxygen atoms in total.